The average molecular weight is 331 g/mol. The van der Waals surface area contributed by atoms with Crippen LogP contribution in [0.1, 0.15) is 0 Å². The average Bonchev–Trinajstić information content (AvgIpc) is 3.11. The number of fused-ring (bicyclic) bond motifs is 1. The fraction of sp³-hybridized carbons (Fsp3) is 0.100. The number of nitrogens with zero attached hydrogens (tertiary/aromatic N) is 2. The van der Waals surface area contributed by atoms with Crippen LogP contribution in [-0.2, 0) is 0 Å². The monoisotopic (exact) mass is 331 g/mol. The van der Waals surface area contributed by atoms with Crippen LogP contribution in [0.3, 0.4) is 0 Å². The maximum absolute atomic E-state index is 5.29. The number of hydrogen-bond acceptors (Lipinski definition) is 4. The lowest BCUT2D eigenvalue weighted by Gasteiger charge is -2.04. The van der Waals surface area contributed by atoms with Gasteiger partial charge in [0.15, 0.2) is 5.65 Å². The summed E-state index contributed by atoms with van der Waals surface area (Å²) in [6, 6.07) is 17.7. The summed E-state index contributed by atoms with van der Waals surface area (Å²) in [5, 5.41) is 0. The molecule has 0 bridgehead atoms. The Hall–Kier alpha value is -3.34. The molecule has 2 aromatic carbocycles. The predicted octanol–water partition coefficient (Wildman–Crippen LogP) is 4.31. The van der Waals surface area contributed by atoms with E-state index in [1.165, 1.54) is 0 Å². The predicted molar refractivity (Wildman–Crippen MR) is 97.9 cm³/mol. The number of aromatic amines is 1. The highest BCUT2D eigenvalue weighted by Gasteiger charge is 2.09. The number of methoxy groups -OCH3 is 2. The molecular formula is C20H17N3O2. The van der Waals surface area contributed by atoms with Crippen molar-refractivity contribution >= 4 is 11.2 Å². The molecule has 0 saturated heterocycles. The number of ether oxygens (including phenoxy) is 2. The SMILES string of the molecule is COc1ccc(-c2nc3cc(-c4cccc(OC)c4)cnc3[nH]2)cc1. The Balaban J connectivity index is 1.73. The highest BCUT2D eigenvalue weighted by Crippen LogP contribution is 2.27. The Morgan fingerprint density at radius 2 is 1.60 bits per heavy atom. The van der Waals surface area contributed by atoms with Gasteiger partial charge >= 0.3 is 0 Å². The van der Waals surface area contributed by atoms with Crippen molar-refractivity contribution in [2.75, 3.05) is 14.2 Å². The number of benzene rings is 2. The summed E-state index contributed by atoms with van der Waals surface area (Å²) < 4.78 is 10.5. The lowest BCUT2D eigenvalue weighted by Crippen LogP contribution is -1.85. The normalized spacial score (nSPS) is 10.8. The molecule has 2 heterocycles. The minimum absolute atomic E-state index is 0.762. The lowest BCUT2D eigenvalue weighted by atomic mass is 10.1. The van der Waals surface area contributed by atoms with E-state index < -0.39 is 0 Å². The van der Waals surface area contributed by atoms with E-state index in [9.17, 15) is 0 Å². The molecule has 5 nitrogen and oxygen atoms in total. The largest absolute Gasteiger partial charge is 0.497 e. The van der Waals surface area contributed by atoms with E-state index in [-0.39, 0.29) is 0 Å². The third-order valence-corrected chi connectivity index (χ3v) is 4.10. The van der Waals surface area contributed by atoms with Gasteiger partial charge < -0.3 is 14.5 Å². The number of aromatic nitrogens is 3. The number of hydrogen-bond donors (Lipinski definition) is 1. The minimum Gasteiger partial charge on any atom is -0.497 e. The Labute approximate surface area is 145 Å². The number of rotatable bonds is 4. The van der Waals surface area contributed by atoms with Gasteiger partial charge in [-0.2, -0.15) is 0 Å². The summed E-state index contributed by atoms with van der Waals surface area (Å²) in [4.78, 5) is 12.4. The molecule has 4 aromatic rings. The van der Waals surface area contributed by atoms with Gasteiger partial charge in [0.2, 0.25) is 0 Å². The molecule has 0 radical (unpaired) electrons. The van der Waals surface area contributed by atoms with Crippen LogP contribution in [0.4, 0.5) is 0 Å². The molecule has 0 aliphatic rings. The molecule has 0 saturated carbocycles. The van der Waals surface area contributed by atoms with Crippen molar-refractivity contribution in [1.82, 2.24) is 15.0 Å². The maximum atomic E-state index is 5.29. The Morgan fingerprint density at radius 3 is 2.36 bits per heavy atom. The van der Waals surface area contributed by atoms with Crippen LogP contribution < -0.4 is 9.47 Å². The molecule has 0 aliphatic heterocycles. The van der Waals surface area contributed by atoms with E-state index in [0.717, 1.165) is 45.2 Å². The minimum atomic E-state index is 0.762. The summed E-state index contributed by atoms with van der Waals surface area (Å²) in [6.07, 6.45) is 1.84. The highest BCUT2D eigenvalue weighted by atomic mass is 16.5. The lowest BCUT2D eigenvalue weighted by molar-refractivity contribution is 0.415. The van der Waals surface area contributed by atoms with Crippen LogP contribution in [-0.4, -0.2) is 29.2 Å². The van der Waals surface area contributed by atoms with E-state index in [4.69, 9.17) is 9.47 Å². The van der Waals surface area contributed by atoms with Gasteiger partial charge in [0, 0.05) is 17.3 Å². The van der Waals surface area contributed by atoms with E-state index in [1.807, 2.05) is 60.8 Å². The van der Waals surface area contributed by atoms with Gasteiger partial charge in [-0.3, -0.25) is 0 Å². The number of pyridine rings is 1. The summed E-state index contributed by atoms with van der Waals surface area (Å²) in [6.45, 7) is 0. The van der Waals surface area contributed by atoms with E-state index in [2.05, 4.69) is 15.0 Å². The van der Waals surface area contributed by atoms with Gasteiger partial charge in [-0.15, -0.1) is 0 Å². The smallest absolute Gasteiger partial charge is 0.157 e. The molecule has 5 heteroatoms. The van der Waals surface area contributed by atoms with Crippen molar-refractivity contribution in [3.8, 4) is 34.0 Å². The zero-order chi connectivity index (χ0) is 17.2. The number of H-pyrrole nitrogens is 1. The van der Waals surface area contributed by atoms with Gasteiger partial charge in [-0.05, 0) is 48.0 Å². The molecule has 4 rings (SSSR count). The first kappa shape index (κ1) is 15.2. The number of nitrogens with one attached hydrogen (secondary N) is 1. The second-order valence-corrected chi connectivity index (χ2v) is 5.64. The Bertz CT molecular complexity index is 1020. The molecule has 1 N–H and O–H groups in total. The summed E-state index contributed by atoms with van der Waals surface area (Å²) >= 11 is 0. The van der Waals surface area contributed by atoms with Crippen molar-refractivity contribution in [3.05, 3.63) is 60.8 Å². The molecule has 124 valence electrons. The fourth-order valence-corrected chi connectivity index (χ4v) is 2.74. The number of imidazole rings is 1. The van der Waals surface area contributed by atoms with Gasteiger partial charge in [0.05, 0.1) is 14.2 Å². The van der Waals surface area contributed by atoms with Crippen molar-refractivity contribution in [1.29, 1.82) is 0 Å². The fourth-order valence-electron chi connectivity index (χ4n) is 2.74. The van der Waals surface area contributed by atoms with Crippen molar-refractivity contribution < 1.29 is 9.47 Å². The Kier molecular flexibility index (Phi) is 3.82. The highest BCUT2D eigenvalue weighted by molar-refractivity contribution is 5.81. The second kappa shape index (κ2) is 6.28. The van der Waals surface area contributed by atoms with Crippen LogP contribution in [0.2, 0.25) is 0 Å². The van der Waals surface area contributed by atoms with Crippen molar-refractivity contribution in [3.63, 3.8) is 0 Å². The van der Waals surface area contributed by atoms with E-state index >= 15 is 0 Å². The second-order valence-electron chi connectivity index (χ2n) is 5.64. The molecular weight excluding hydrogens is 314 g/mol. The van der Waals surface area contributed by atoms with Gasteiger partial charge in [0.1, 0.15) is 22.8 Å². The summed E-state index contributed by atoms with van der Waals surface area (Å²) in [5.41, 5.74) is 4.62. The first-order chi connectivity index (χ1) is 12.3. The van der Waals surface area contributed by atoms with Crippen LogP contribution in [0.5, 0.6) is 11.5 Å². The molecule has 0 fully saturated rings. The first-order valence-electron chi connectivity index (χ1n) is 7.91. The zero-order valence-electron chi connectivity index (χ0n) is 14.0. The van der Waals surface area contributed by atoms with E-state index in [1.54, 1.807) is 14.2 Å². The maximum Gasteiger partial charge on any atom is 0.157 e. The first-order valence-corrected chi connectivity index (χ1v) is 7.91. The Morgan fingerprint density at radius 1 is 0.800 bits per heavy atom. The van der Waals surface area contributed by atoms with Crippen LogP contribution in [0.15, 0.2) is 60.8 Å². The van der Waals surface area contributed by atoms with Crippen molar-refractivity contribution in [2.24, 2.45) is 0 Å². The molecule has 25 heavy (non-hydrogen) atoms. The molecule has 2 aromatic heterocycles. The molecule has 0 spiro atoms. The third kappa shape index (κ3) is 2.92. The van der Waals surface area contributed by atoms with E-state index in [0.29, 0.717) is 0 Å². The van der Waals surface area contributed by atoms with Crippen molar-refractivity contribution in [2.45, 2.75) is 0 Å². The molecule has 0 atom stereocenters. The molecule has 0 amide bonds. The van der Waals surface area contributed by atoms with Gasteiger partial charge in [-0.1, -0.05) is 12.1 Å². The standard InChI is InChI=1S/C20H17N3O2/c1-24-16-8-6-13(7-9-16)19-22-18-11-15(12-21-20(18)23-19)14-4-3-5-17(10-14)25-2/h3-12H,1-2H3,(H,21,22,23). The summed E-state index contributed by atoms with van der Waals surface area (Å²) in [5.74, 6) is 2.42. The van der Waals surface area contributed by atoms with Crippen LogP contribution in [0.25, 0.3) is 33.7 Å². The van der Waals surface area contributed by atoms with Gasteiger partial charge in [-0.25, -0.2) is 9.97 Å². The van der Waals surface area contributed by atoms with Crippen LogP contribution in [0, 0.1) is 0 Å². The third-order valence-electron chi connectivity index (χ3n) is 4.10. The molecule has 0 unspecified atom stereocenters. The van der Waals surface area contributed by atoms with Gasteiger partial charge in [0.25, 0.3) is 0 Å². The zero-order valence-corrected chi connectivity index (χ0v) is 14.0. The summed E-state index contributed by atoms with van der Waals surface area (Å²) in [7, 11) is 3.32. The topological polar surface area (TPSA) is 60.0 Å². The molecule has 0 aliphatic carbocycles. The quantitative estimate of drug-likeness (QED) is 0.605. The van der Waals surface area contributed by atoms with Crippen LogP contribution >= 0.6 is 0 Å².